The van der Waals surface area contributed by atoms with Crippen molar-refractivity contribution < 1.29 is 8.42 Å². The van der Waals surface area contributed by atoms with Crippen LogP contribution in [0.2, 0.25) is 5.15 Å². The number of sulfonamides is 1. The third kappa shape index (κ3) is 4.29. The van der Waals surface area contributed by atoms with E-state index in [0.717, 1.165) is 11.7 Å². The van der Waals surface area contributed by atoms with Crippen molar-refractivity contribution in [2.45, 2.75) is 6.92 Å². The maximum absolute atomic E-state index is 11.2. The van der Waals surface area contributed by atoms with Crippen LogP contribution in [0.25, 0.3) is 0 Å². The summed E-state index contributed by atoms with van der Waals surface area (Å²) in [6.07, 6.45) is 0. The summed E-state index contributed by atoms with van der Waals surface area (Å²) >= 11 is 6.64. The molecule has 0 saturated heterocycles. The van der Waals surface area contributed by atoms with Crippen molar-refractivity contribution in [1.29, 1.82) is 0 Å². The quantitative estimate of drug-likeness (QED) is 0.788. The van der Waals surface area contributed by atoms with Crippen LogP contribution in [0.1, 0.15) is 6.92 Å². The van der Waals surface area contributed by atoms with E-state index in [4.69, 9.17) is 11.6 Å². The second kappa shape index (κ2) is 5.59. The van der Waals surface area contributed by atoms with Crippen molar-refractivity contribution in [3.63, 3.8) is 0 Å². The van der Waals surface area contributed by atoms with E-state index in [1.807, 2.05) is 0 Å². The van der Waals surface area contributed by atoms with Gasteiger partial charge in [-0.05, 0) is 0 Å². The van der Waals surface area contributed by atoms with Crippen LogP contribution < -0.4 is 10.0 Å². The van der Waals surface area contributed by atoms with E-state index in [0.29, 0.717) is 12.4 Å². The Bertz CT molecular complexity index is 405. The maximum Gasteiger partial charge on any atom is 0.213 e. The highest BCUT2D eigenvalue weighted by atomic mass is 35.5. The van der Waals surface area contributed by atoms with Gasteiger partial charge in [0.15, 0.2) is 11.0 Å². The minimum atomic E-state index is -3.20. The van der Waals surface area contributed by atoms with E-state index in [-0.39, 0.29) is 17.5 Å². The van der Waals surface area contributed by atoms with Gasteiger partial charge in [0.05, 0.1) is 17.5 Å². The second-order valence-electron chi connectivity index (χ2n) is 2.65. The molecule has 0 aliphatic rings. The molecule has 0 unspecified atom stereocenters. The van der Waals surface area contributed by atoms with Crippen LogP contribution in [0.3, 0.4) is 0 Å². The Balaban J connectivity index is 2.37. The van der Waals surface area contributed by atoms with Crippen molar-refractivity contribution in [2.75, 3.05) is 24.2 Å². The third-order valence-electron chi connectivity index (χ3n) is 1.48. The maximum atomic E-state index is 11.2. The summed E-state index contributed by atoms with van der Waals surface area (Å²) in [7, 11) is -3.20. The SMILES string of the molecule is CCNS(=O)(=O)CCNc1nsnc1Cl. The van der Waals surface area contributed by atoms with Crippen LogP contribution in [-0.2, 0) is 10.0 Å². The topological polar surface area (TPSA) is 84.0 Å². The van der Waals surface area contributed by atoms with Gasteiger partial charge in [-0.15, -0.1) is 0 Å². The van der Waals surface area contributed by atoms with Crippen LogP contribution in [-0.4, -0.2) is 36.0 Å². The Labute approximate surface area is 97.4 Å². The molecule has 2 N–H and O–H groups in total. The third-order valence-corrected chi connectivity index (χ3v) is 3.84. The molecule has 15 heavy (non-hydrogen) atoms. The van der Waals surface area contributed by atoms with Gasteiger partial charge in [-0.25, -0.2) is 13.1 Å². The molecule has 0 bridgehead atoms. The molecule has 6 nitrogen and oxygen atoms in total. The van der Waals surface area contributed by atoms with Gasteiger partial charge in [0.2, 0.25) is 10.0 Å². The first-order valence-corrected chi connectivity index (χ1v) is 7.00. The van der Waals surface area contributed by atoms with Crippen molar-refractivity contribution >= 4 is 39.2 Å². The zero-order chi connectivity index (χ0) is 11.3. The smallest absolute Gasteiger partial charge is 0.213 e. The van der Waals surface area contributed by atoms with Gasteiger partial charge in [0.1, 0.15) is 0 Å². The second-order valence-corrected chi connectivity index (χ2v) is 5.46. The Morgan fingerprint density at radius 1 is 1.47 bits per heavy atom. The van der Waals surface area contributed by atoms with E-state index < -0.39 is 10.0 Å². The van der Waals surface area contributed by atoms with Crippen LogP contribution in [0.5, 0.6) is 0 Å². The van der Waals surface area contributed by atoms with Crippen molar-refractivity contribution in [2.24, 2.45) is 0 Å². The molecule has 0 saturated carbocycles. The van der Waals surface area contributed by atoms with Gasteiger partial charge in [-0.2, -0.15) is 8.75 Å². The molecule has 1 rings (SSSR count). The first-order chi connectivity index (χ1) is 7.05. The zero-order valence-corrected chi connectivity index (χ0v) is 10.4. The van der Waals surface area contributed by atoms with Gasteiger partial charge in [-0.1, -0.05) is 18.5 Å². The molecular weight excluding hydrogens is 260 g/mol. The normalized spacial score (nSPS) is 11.6. The number of halogens is 1. The molecule has 0 aliphatic carbocycles. The molecule has 0 amide bonds. The minimum absolute atomic E-state index is 0.0192. The number of aromatic nitrogens is 2. The summed E-state index contributed by atoms with van der Waals surface area (Å²) in [5.74, 6) is 0.405. The first kappa shape index (κ1) is 12.6. The predicted molar refractivity (Wildman–Crippen MR) is 60.9 cm³/mol. The van der Waals surface area contributed by atoms with Gasteiger partial charge < -0.3 is 5.32 Å². The van der Waals surface area contributed by atoms with Gasteiger partial charge in [0, 0.05) is 13.1 Å². The molecule has 1 aromatic heterocycles. The molecule has 1 heterocycles. The lowest BCUT2D eigenvalue weighted by Crippen LogP contribution is -2.29. The van der Waals surface area contributed by atoms with Gasteiger partial charge >= 0.3 is 0 Å². The summed E-state index contributed by atoms with van der Waals surface area (Å²) in [6.45, 7) is 2.37. The molecule has 0 spiro atoms. The Morgan fingerprint density at radius 2 is 2.20 bits per heavy atom. The summed E-state index contributed by atoms with van der Waals surface area (Å²) in [6, 6.07) is 0. The van der Waals surface area contributed by atoms with Crippen molar-refractivity contribution in [3.8, 4) is 0 Å². The largest absolute Gasteiger partial charge is 0.366 e. The minimum Gasteiger partial charge on any atom is -0.366 e. The van der Waals surface area contributed by atoms with Crippen LogP contribution in [0.4, 0.5) is 5.82 Å². The Morgan fingerprint density at radius 3 is 2.73 bits per heavy atom. The van der Waals surface area contributed by atoms with Gasteiger partial charge in [-0.3, -0.25) is 0 Å². The van der Waals surface area contributed by atoms with Crippen molar-refractivity contribution in [3.05, 3.63) is 5.15 Å². The highest BCUT2D eigenvalue weighted by Crippen LogP contribution is 2.17. The number of nitrogens with zero attached hydrogens (tertiary/aromatic N) is 2. The fourth-order valence-electron chi connectivity index (χ4n) is 0.879. The van der Waals surface area contributed by atoms with Crippen LogP contribution in [0.15, 0.2) is 0 Å². The highest BCUT2D eigenvalue weighted by Gasteiger charge is 2.09. The van der Waals surface area contributed by atoms with Gasteiger partial charge in [0.25, 0.3) is 0 Å². The molecule has 9 heteroatoms. The number of anilines is 1. The monoisotopic (exact) mass is 270 g/mol. The Kier molecular flexibility index (Phi) is 4.71. The predicted octanol–water partition coefficient (Wildman–Crippen LogP) is 0.543. The lowest BCUT2D eigenvalue weighted by Gasteiger charge is -2.04. The Hall–Kier alpha value is -0.440. The number of hydrogen-bond acceptors (Lipinski definition) is 6. The van der Waals surface area contributed by atoms with E-state index in [2.05, 4.69) is 18.8 Å². The fraction of sp³-hybridized carbons (Fsp3) is 0.667. The van der Waals surface area contributed by atoms with E-state index in [1.54, 1.807) is 6.92 Å². The average Bonchev–Trinajstić information content (AvgIpc) is 2.51. The van der Waals surface area contributed by atoms with Crippen molar-refractivity contribution in [1.82, 2.24) is 13.5 Å². The zero-order valence-electron chi connectivity index (χ0n) is 8.03. The molecule has 0 aromatic carbocycles. The molecule has 0 aliphatic heterocycles. The van der Waals surface area contributed by atoms with Crippen LogP contribution >= 0.6 is 23.3 Å². The molecular formula is C6H11ClN4O2S2. The fourth-order valence-corrected chi connectivity index (χ4v) is 2.52. The summed E-state index contributed by atoms with van der Waals surface area (Å²) in [4.78, 5) is 0. The molecule has 0 radical (unpaired) electrons. The standard InChI is InChI=1S/C6H11ClN4O2S2/c1-2-9-15(12,13)4-3-8-6-5(7)10-14-11-6/h9H,2-4H2,1H3,(H,8,11). The van der Waals surface area contributed by atoms with E-state index in [1.165, 1.54) is 0 Å². The molecule has 0 fully saturated rings. The van der Waals surface area contributed by atoms with Crippen LogP contribution in [0, 0.1) is 0 Å². The average molecular weight is 271 g/mol. The van der Waals surface area contributed by atoms with E-state index >= 15 is 0 Å². The summed E-state index contributed by atoms with van der Waals surface area (Å²) in [5.41, 5.74) is 0. The highest BCUT2D eigenvalue weighted by molar-refractivity contribution is 7.89. The molecule has 0 atom stereocenters. The molecule has 1 aromatic rings. The summed E-state index contributed by atoms with van der Waals surface area (Å²) in [5, 5.41) is 3.06. The lowest BCUT2D eigenvalue weighted by atomic mass is 10.6. The summed E-state index contributed by atoms with van der Waals surface area (Å²) < 4.78 is 32.4. The number of hydrogen-bond donors (Lipinski definition) is 2. The lowest BCUT2D eigenvalue weighted by molar-refractivity contribution is 0.584. The van der Waals surface area contributed by atoms with E-state index in [9.17, 15) is 8.42 Å². The number of nitrogens with one attached hydrogen (secondary N) is 2. The molecule has 86 valence electrons. The number of rotatable bonds is 6. The first-order valence-electron chi connectivity index (χ1n) is 4.24.